The Morgan fingerprint density at radius 3 is 2.39 bits per heavy atom. The van der Waals surface area contributed by atoms with Crippen LogP contribution in [-0.4, -0.2) is 36.6 Å². The maximum absolute atomic E-state index is 2.80. The molecule has 0 amide bonds. The van der Waals surface area contributed by atoms with Crippen molar-refractivity contribution in [1.82, 2.24) is 4.90 Å². The quantitative estimate of drug-likeness (QED) is 0.610. The predicted octanol–water partition coefficient (Wildman–Crippen LogP) is 6.01. The Kier molecular flexibility index (Phi) is 5.11. The summed E-state index contributed by atoms with van der Waals surface area (Å²) in [5.74, 6) is 1.02. The minimum absolute atomic E-state index is 0. The largest absolute Gasteiger partial charge is 0.365 e. The number of likely N-dealkylation sites (tertiary alicyclic amines) is 1. The van der Waals surface area contributed by atoms with Gasteiger partial charge in [-0.1, -0.05) is 52.0 Å². The smallest absolute Gasteiger partial charge is 0.0446 e. The number of benzene rings is 1. The van der Waals surface area contributed by atoms with E-state index in [4.69, 9.17) is 0 Å². The van der Waals surface area contributed by atoms with Crippen molar-refractivity contribution in [3.05, 3.63) is 35.9 Å². The van der Waals surface area contributed by atoms with Gasteiger partial charge in [-0.2, -0.15) is 0 Å². The van der Waals surface area contributed by atoms with E-state index in [1.54, 1.807) is 5.57 Å². The fourth-order valence-corrected chi connectivity index (χ4v) is 6.45. The number of hydrogen-bond acceptors (Lipinski definition) is 2. The zero-order valence-corrected chi connectivity index (χ0v) is 18.9. The first-order valence-electron chi connectivity index (χ1n) is 11.1. The van der Waals surface area contributed by atoms with Crippen LogP contribution in [0.5, 0.6) is 0 Å². The monoisotopic (exact) mass is 400 g/mol. The predicted molar refractivity (Wildman–Crippen MR) is 122 cm³/mol. The van der Waals surface area contributed by atoms with Gasteiger partial charge in [0, 0.05) is 43.0 Å². The standard InChI is InChI=1S/C25H36N2.ClH/c1-24(2)12-19(13-25(3,4)17-24)22-7-5-6-8-23(22)27-16-20-11-21(27)15-26(20)14-18-9-10-18;/h5-8,12,18,20-21H,9-11,13-17H2,1-4H3;1H. The summed E-state index contributed by atoms with van der Waals surface area (Å²) in [6.07, 6.45) is 9.36. The summed E-state index contributed by atoms with van der Waals surface area (Å²) in [6, 6.07) is 10.8. The van der Waals surface area contributed by atoms with Gasteiger partial charge in [-0.25, -0.2) is 0 Å². The molecule has 0 radical (unpaired) electrons. The number of fused-ring (bicyclic) bond motifs is 2. The highest BCUT2D eigenvalue weighted by molar-refractivity contribution is 5.85. The van der Waals surface area contributed by atoms with Crippen LogP contribution in [0.2, 0.25) is 0 Å². The van der Waals surface area contributed by atoms with Crippen LogP contribution in [0.1, 0.15) is 65.4 Å². The molecule has 2 bridgehead atoms. The highest BCUT2D eigenvalue weighted by atomic mass is 35.5. The summed E-state index contributed by atoms with van der Waals surface area (Å²) < 4.78 is 0. The Balaban J connectivity index is 0.00000192. The van der Waals surface area contributed by atoms with Gasteiger partial charge >= 0.3 is 0 Å². The summed E-state index contributed by atoms with van der Waals surface area (Å²) in [5.41, 5.74) is 5.24. The molecule has 3 heteroatoms. The molecule has 2 nitrogen and oxygen atoms in total. The molecule has 5 rings (SSSR count). The third kappa shape index (κ3) is 3.87. The number of nitrogens with zero attached hydrogens (tertiary/aromatic N) is 2. The third-order valence-corrected chi connectivity index (χ3v) is 7.27. The van der Waals surface area contributed by atoms with Crippen LogP contribution < -0.4 is 4.90 Å². The summed E-state index contributed by atoms with van der Waals surface area (Å²) in [7, 11) is 0. The number of halogens is 1. The number of hydrogen-bond donors (Lipinski definition) is 0. The van der Waals surface area contributed by atoms with Gasteiger partial charge in [0.1, 0.15) is 0 Å². The number of anilines is 1. The van der Waals surface area contributed by atoms with Crippen LogP contribution in [-0.2, 0) is 0 Å². The molecule has 0 aromatic heterocycles. The molecule has 2 heterocycles. The SMILES string of the molecule is CC1(C)C=C(c2ccccc2N2CC3CC2CN3CC2CC2)CC(C)(C)C1.Cl. The lowest BCUT2D eigenvalue weighted by Crippen LogP contribution is -2.47. The molecule has 3 fully saturated rings. The Labute approximate surface area is 177 Å². The van der Waals surface area contributed by atoms with E-state index in [-0.39, 0.29) is 17.8 Å². The second kappa shape index (κ2) is 7.06. The molecule has 1 aromatic rings. The third-order valence-electron chi connectivity index (χ3n) is 7.27. The molecule has 0 spiro atoms. The van der Waals surface area contributed by atoms with E-state index in [1.165, 1.54) is 63.0 Å². The minimum atomic E-state index is 0. The average molecular weight is 401 g/mol. The van der Waals surface area contributed by atoms with Gasteiger partial charge in [0.15, 0.2) is 0 Å². The number of para-hydroxylation sites is 1. The lowest BCUT2D eigenvalue weighted by molar-refractivity contribution is 0.227. The fraction of sp³-hybridized carbons (Fsp3) is 0.680. The highest BCUT2D eigenvalue weighted by Gasteiger charge is 2.45. The first kappa shape index (κ1) is 20.3. The molecule has 4 aliphatic rings. The van der Waals surface area contributed by atoms with Crippen LogP contribution in [0.25, 0.3) is 5.57 Å². The number of rotatable bonds is 4. The van der Waals surface area contributed by atoms with Crippen molar-refractivity contribution in [2.24, 2.45) is 16.7 Å². The topological polar surface area (TPSA) is 6.48 Å². The van der Waals surface area contributed by atoms with Gasteiger partial charge in [-0.15, -0.1) is 12.4 Å². The minimum Gasteiger partial charge on any atom is -0.365 e. The first-order chi connectivity index (χ1) is 12.8. The van der Waals surface area contributed by atoms with Crippen molar-refractivity contribution in [1.29, 1.82) is 0 Å². The van der Waals surface area contributed by atoms with E-state index in [2.05, 4.69) is 67.8 Å². The van der Waals surface area contributed by atoms with E-state index < -0.39 is 0 Å². The van der Waals surface area contributed by atoms with Crippen LogP contribution in [0.3, 0.4) is 0 Å². The van der Waals surface area contributed by atoms with Gasteiger partial charge in [0.05, 0.1) is 0 Å². The molecule has 2 saturated heterocycles. The maximum atomic E-state index is 2.80. The normalized spacial score (nSPS) is 30.9. The van der Waals surface area contributed by atoms with Crippen LogP contribution >= 0.6 is 12.4 Å². The first-order valence-corrected chi connectivity index (χ1v) is 11.1. The van der Waals surface area contributed by atoms with E-state index in [0.29, 0.717) is 5.41 Å². The molecular formula is C25H37ClN2. The van der Waals surface area contributed by atoms with Gasteiger partial charge in [0.25, 0.3) is 0 Å². The Hall–Kier alpha value is -0.990. The molecule has 2 aliphatic carbocycles. The fourth-order valence-electron chi connectivity index (χ4n) is 6.45. The molecule has 2 unspecified atom stereocenters. The Morgan fingerprint density at radius 2 is 1.75 bits per heavy atom. The van der Waals surface area contributed by atoms with E-state index in [0.717, 1.165) is 18.0 Å². The van der Waals surface area contributed by atoms with Gasteiger partial charge < -0.3 is 4.90 Å². The van der Waals surface area contributed by atoms with Crippen molar-refractivity contribution in [2.75, 3.05) is 24.5 Å². The number of allylic oxidation sites excluding steroid dienone is 2. The molecule has 2 atom stereocenters. The Bertz CT molecular complexity index is 762. The van der Waals surface area contributed by atoms with E-state index in [1.807, 2.05) is 0 Å². The van der Waals surface area contributed by atoms with Crippen molar-refractivity contribution in [2.45, 2.75) is 71.9 Å². The average Bonchev–Trinajstić information content (AvgIpc) is 3.17. The van der Waals surface area contributed by atoms with Crippen LogP contribution in [0.15, 0.2) is 30.3 Å². The molecule has 2 aliphatic heterocycles. The van der Waals surface area contributed by atoms with Crippen LogP contribution in [0, 0.1) is 16.7 Å². The van der Waals surface area contributed by atoms with Crippen LogP contribution in [0.4, 0.5) is 5.69 Å². The van der Waals surface area contributed by atoms with Crippen molar-refractivity contribution >= 4 is 23.7 Å². The summed E-state index contributed by atoms with van der Waals surface area (Å²) >= 11 is 0. The second-order valence-corrected chi connectivity index (χ2v) is 11.3. The van der Waals surface area contributed by atoms with E-state index >= 15 is 0 Å². The van der Waals surface area contributed by atoms with Gasteiger partial charge in [0.2, 0.25) is 0 Å². The molecule has 154 valence electrons. The van der Waals surface area contributed by atoms with Crippen molar-refractivity contribution < 1.29 is 0 Å². The van der Waals surface area contributed by atoms with Gasteiger partial charge in [-0.05, 0) is 60.5 Å². The molecular weight excluding hydrogens is 364 g/mol. The molecule has 1 aromatic carbocycles. The maximum Gasteiger partial charge on any atom is 0.0446 e. The molecule has 28 heavy (non-hydrogen) atoms. The summed E-state index contributed by atoms with van der Waals surface area (Å²) in [4.78, 5) is 5.55. The summed E-state index contributed by atoms with van der Waals surface area (Å²) in [6.45, 7) is 13.6. The van der Waals surface area contributed by atoms with E-state index in [9.17, 15) is 0 Å². The lowest BCUT2D eigenvalue weighted by atomic mass is 9.65. The highest BCUT2D eigenvalue weighted by Crippen LogP contribution is 2.49. The summed E-state index contributed by atoms with van der Waals surface area (Å²) in [5, 5.41) is 0. The lowest BCUT2D eigenvalue weighted by Gasteiger charge is -2.41. The van der Waals surface area contributed by atoms with Crippen molar-refractivity contribution in [3.8, 4) is 0 Å². The molecule has 1 saturated carbocycles. The molecule has 0 N–H and O–H groups in total. The Morgan fingerprint density at radius 1 is 1.00 bits per heavy atom. The number of piperazine rings is 1. The van der Waals surface area contributed by atoms with Crippen molar-refractivity contribution in [3.63, 3.8) is 0 Å². The second-order valence-electron chi connectivity index (χ2n) is 11.3. The zero-order valence-electron chi connectivity index (χ0n) is 18.1. The van der Waals surface area contributed by atoms with Gasteiger partial charge in [-0.3, -0.25) is 4.90 Å². The zero-order chi connectivity index (χ0) is 18.8.